The first-order chi connectivity index (χ1) is 11.1. The molecule has 0 radical (unpaired) electrons. The molecule has 5 nitrogen and oxygen atoms in total. The quantitative estimate of drug-likeness (QED) is 0.862. The van der Waals surface area contributed by atoms with Crippen LogP contribution in [0, 0.1) is 6.92 Å². The SMILES string of the molecule is CC(C)(C)OC(N)=O.Cc1ccccc1-c1ccc(C(=O)O)cc1. The first-order valence-electron chi connectivity index (χ1n) is 7.48. The number of ether oxygens (including phenoxy) is 1. The summed E-state index contributed by atoms with van der Waals surface area (Å²) < 4.78 is 4.58. The smallest absolute Gasteiger partial charge is 0.405 e. The third kappa shape index (κ3) is 6.52. The number of hydrogen-bond donors (Lipinski definition) is 2. The number of aryl methyl sites for hydroxylation is 1. The third-order valence-electron chi connectivity index (χ3n) is 2.99. The Balaban J connectivity index is 0.000000307. The first kappa shape index (κ1) is 19.2. The molecule has 0 saturated carbocycles. The fourth-order valence-corrected chi connectivity index (χ4v) is 1.99. The van der Waals surface area contributed by atoms with Crippen molar-refractivity contribution in [2.75, 3.05) is 0 Å². The van der Waals surface area contributed by atoms with E-state index in [4.69, 9.17) is 10.8 Å². The predicted octanol–water partition coefficient (Wildman–Crippen LogP) is 4.24. The Hall–Kier alpha value is -2.82. The highest BCUT2D eigenvalue weighted by molar-refractivity contribution is 5.88. The monoisotopic (exact) mass is 329 g/mol. The molecule has 0 aliphatic heterocycles. The van der Waals surface area contributed by atoms with Crippen molar-refractivity contribution in [1.29, 1.82) is 0 Å². The Morgan fingerprint density at radius 3 is 1.92 bits per heavy atom. The summed E-state index contributed by atoms with van der Waals surface area (Å²) in [7, 11) is 0. The molecule has 0 fully saturated rings. The predicted molar refractivity (Wildman–Crippen MR) is 94.0 cm³/mol. The summed E-state index contributed by atoms with van der Waals surface area (Å²) in [6, 6.07) is 15.0. The minimum absolute atomic E-state index is 0.317. The number of hydrogen-bond acceptors (Lipinski definition) is 3. The van der Waals surface area contributed by atoms with E-state index in [2.05, 4.69) is 4.74 Å². The molecule has 1 amide bonds. The first-order valence-corrected chi connectivity index (χ1v) is 7.48. The van der Waals surface area contributed by atoms with Crippen LogP contribution in [0.1, 0.15) is 36.7 Å². The average Bonchev–Trinajstić information content (AvgIpc) is 2.46. The van der Waals surface area contributed by atoms with E-state index in [0.717, 1.165) is 11.1 Å². The molecule has 2 aromatic rings. The number of carbonyl (C=O) groups is 2. The molecule has 128 valence electrons. The molecule has 3 N–H and O–H groups in total. The number of benzene rings is 2. The number of carboxylic acid groups (broad SMARTS) is 1. The largest absolute Gasteiger partial charge is 0.478 e. The molecule has 0 bridgehead atoms. The lowest BCUT2D eigenvalue weighted by atomic mass is 10.00. The highest BCUT2D eigenvalue weighted by atomic mass is 16.6. The van der Waals surface area contributed by atoms with Gasteiger partial charge in [0.05, 0.1) is 5.56 Å². The lowest BCUT2D eigenvalue weighted by Gasteiger charge is -2.16. The van der Waals surface area contributed by atoms with Gasteiger partial charge in [0.15, 0.2) is 0 Å². The van der Waals surface area contributed by atoms with E-state index in [1.165, 1.54) is 5.56 Å². The van der Waals surface area contributed by atoms with Crippen molar-refractivity contribution in [3.8, 4) is 11.1 Å². The fraction of sp³-hybridized carbons (Fsp3) is 0.263. The van der Waals surface area contributed by atoms with Crippen LogP contribution in [0.25, 0.3) is 11.1 Å². The van der Waals surface area contributed by atoms with E-state index in [9.17, 15) is 9.59 Å². The maximum Gasteiger partial charge on any atom is 0.405 e. The van der Waals surface area contributed by atoms with Gasteiger partial charge in [-0.25, -0.2) is 9.59 Å². The van der Waals surface area contributed by atoms with Gasteiger partial charge in [-0.15, -0.1) is 0 Å². The fourth-order valence-electron chi connectivity index (χ4n) is 1.99. The summed E-state index contributed by atoms with van der Waals surface area (Å²) in [6.07, 6.45) is -0.725. The van der Waals surface area contributed by atoms with Gasteiger partial charge in [0.2, 0.25) is 0 Å². The van der Waals surface area contributed by atoms with E-state index < -0.39 is 17.7 Å². The molecule has 2 aromatic carbocycles. The Kier molecular flexibility index (Phi) is 6.53. The lowest BCUT2D eigenvalue weighted by molar-refractivity contribution is 0.0598. The van der Waals surface area contributed by atoms with Gasteiger partial charge in [0, 0.05) is 0 Å². The summed E-state index contributed by atoms with van der Waals surface area (Å²) in [5.74, 6) is -0.892. The van der Waals surface area contributed by atoms with Gasteiger partial charge in [0.1, 0.15) is 5.60 Å². The van der Waals surface area contributed by atoms with E-state index in [1.54, 1.807) is 32.9 Å². The Morgan fingerprint density at radius 1 is 1.00 bits per heavy atom. The van der Waals surface area contributed by atoms with Crippen LogP contribution < -0.4 is 5.73 Å². The van der Waals surface area contributed by atoms with Crippen molar-refractivity contribution in [1.82, 2.24) is 0 Å². The number of carboxylic acids is 1. The molecule has 0 unspecified atom stereocenters. The van der Waals surface area contributed by atoms with Crippen molar-refractivity contribution in [3.63, 3.8) is 0 Å². The molecular weight excluding hydrogens is 306 g/mol. The zero-order valence-electron chi connectivity index (χ0n) is 14.4. The van der Waals surface area contributed by atoms with Crippen LogP contribution in [0.3, 0.4) is 0 Å². The van der Waals surface area contributed by atoms with Crippen LogP contribution in [0.4, 0.5) is 4.79 Å². The van der Waals surface area contributed by atoms with Gasteiger partial charge >= 0.3 is 12.1 Å². The maximum atomic E-state index is 10.7. The third-order valence-corrected chi connectivity index (χ3v) is 2.99. The summed E-state index contributed by atoms with van der Waals surface area (Å²) in [6.45, 7) is 7.33. The molecular formula is C19H23NO4. The number of amides is 1. The lowest BCUT2D eigenvalue weighted by Crippen LogP contribution is -2.27. The molecule has 0 atom stereocenters. The van der Waals surface area contributed by atoms with E-state index >= 15 is 0 Å². The normalized spacial score (nSPS) is 10.3. The summed E-state index contributed by atoms with van der Waals surface area (Å²) >= 11 is 0. The molecule has 5 heteroatoms. The standard InChI is InChI=1S/C14H12O2.C5H11NO2/c1-10-4-2-3-5-13(10)11-6-8-12(9-7-11)14(15)16;1-5(2,3)8-4(6)7/h2-9H,1H3,(H,15,16);1-3H3,(H2,6,7). The van der Waals surface area contributed by atoms with Crippen LogP contribution in [0.2, 0.25) is 0 Å². The van der Waals surface area contributed by atoms with E-state index in [-0.39, 0.29) is 0 Å². The number of rotatable bonds is 2. The summed E-state index contributed by atoms with van der Waals surface area (Å²) in [5.41, 5.74) is 7.95. The van der Waals surface area contributed by atoms with Gasteiger partial charge in [-0.3, -0.25) is 0 Å². The minimum atomic E-state index is -0.892. The summed E-state index contributed by atoms with van der Waals surface area (Å²) in [5, 5.41) is 8.80. The van der Waals surface area contributed by atoms with Crippen LogP contribution in [0.5, 0.6) is 0 Å². The molecule has 24 heavy (non-hydrogen) atoms. The van der Waals surface area contributed by atoms with Gasteiger partial charge in [-0.05, 0) is 56.5 Å². The highest BCUT2D eigenvalue weighted by Gasteiger charge is 2.12. The molecule has 0 saturated heterocycles. The molecule has 2 rings (SSSR count). The van der Waals surface area contributed by atoms with Gasteiger partial charge in [0.25, 0.3) is 0 Å². The zero-order valence-corrected chi connectivity index (χ0v) is 14.4. The maximum absolute atomic E-state index is 10.7. The van der Waals surface area contributed by atoms with Crippen LogP contribution in [-0.4, -0.2) is 22.8 Å². The Labute approximate surface area is 142 Å². The second-order valence-corrected chi connectivity index (χ2v) is 6.23. The molecule has 0 aliphatic carbocycles. The Bertz CT molecular complexity index is 700. The zero-order chi connectivity index (χ0) is 18.3. The molecule has 0 aromatic heterocycles. The minimum Gasteiger partial charge on any atom is -0.478 e. The highest BCUT2D eigenvalue weighted by Crippen LogP contribution is 2.23. The molecule has 0 heterocycles. The number of aromatic carboxylic acids is 1. The number of carbonyl (C=O) groups excluding carboxylic acids is 1. The topological polar surface area (TPSA) is 89.6 Å². The van der Waals surface area contributed by atoms with Crippen LogP contribution in [-0.2, 0) is 4.74 Å². The van der Waals surface area contributed by atoms with Gasteiger partial charge < -0.3 is 15.6 Å². The number of nitrogens with two attached hydrogens (primary N) is 1. The van der Waals surface area contributed by atoms with E-state index in [0.29, 0.717) is 5.56 Å². The average molecular weight is 329 g/mol. The van der Waals surface area contributed by atoms with Crippen molar-refractivity contribution < 1.29 is 19.4 Å². The summed E-state index contributed by atoms with van der Waals surface area (Å²) in [4.78, 5) is 20.7. The molecule has 0 spiro atoms. The van der Waals surface area contributed by atoms with Crippen LogP contribution >= 0.6 is 0 Å². The van der Waals surface area contributed by atoms with Crippen molar-refractivity contribution in [2.45, 2.75) is 33.3 Å². The Morgan fingerprint density at radius 2 is 1.54 bits per heavy atom. The number of primary amides is 1. The van der Waals surface area contributed by atoms with Crippen LogP contribution in [0.15, 0.2) is 48.5 Å². The van der Waals surface area contributed by atoms with Crippen molar-refractivity contribution in [2.24, 2.45) is 5.73 Å². The van der Waals surface area contributed by atoms with Crippen molar-refractivity contribution in [3.05, 3.63) is 59.7 Å². The van der Waals surface area contributed by atoms with Gasteiger partial charge in [-0.1, -0.05) is 36.4 Å². The van der Waals surface area contributed by atoms with Gasteiger partial charge in [-0.2, -0.15) is 0 Å². The second kappa shape index (κ2) is 8.15. The molecule has 0 aliphatic rings. The van der Waals surface area contributed by atoms with E-state index in [1.807, 2.05) is 43.3 Å². The second-order valence-electron chi connectivity index (χ2n) is 6.23. The van der Waals surface area contributed by atoms with Crippen molar-refractivity contribution >= 4 is 12.1 Å².